The number of nitrogens with one attached hydrogen (secondary N) is 1. The highest BCUT2D eigenvalue weighted by atomic mass is 19.1. The summed E-state index contributed by atoms with van der Waals surface area (Å²) in [5.41, 5.74) is 0.858. The molecule has 0 aliphatic rings. The third-order valence-electron chi connectivity index (χ3n) is 1.86. The number of anilines is 1. The first-order valence-electron chi connectivity index (χ1n) is 4.23. The molecule has 0 atom stereocenters. The third-order valence-corrected chi connectivity index (χ3v) is 1.86. The molecule has 1 N–H and O–H groups in total. The van der Waals surface area contributed by atoms with Gasteiger partial charge >= 0.3 is 0 Å². The van der Waals surface area contributed by atoms with Crippen molar-refractivity contribution in [2.24, 2.45) is 0 Å². The molecule has 0 saturated carbocycles. The van der Waals surface area contributed by atoms with Crippen molar-refractivity contribution >= 4 is 11.5 Å². The summed E-state index contributed by atoms with van der Waals surface area (Å²) in [5, 5.41) is 7.47. The van der Waals surface area contributed by atoms with Crippen molar-refractivity contribution in [1.82, 2.24) is 0 Å². The van der Waals surface area contributed by atoms with Gasteiger partial charge in [0.2, 0.25) is 0 Å². The number of hydrogen-bond acceptors (Lipinski definition) is 1. The average molecular weight is 180 g/mol. The van der Waals surface area contributed by atoms with Gasteiger partial charge in [-0.05, 0) is 38.1 Å². The number of halogens is 1. The number of benzene rings is 1. The topological polar surface area (TPSA) is 27.1 Å². The second-order valence-electron chi connectivity index (χ2n) is 2.81. The average Bonchev–Trinajstić information content (AvgIpc) is 2.09. The Bertz CT molecular complexity index is 292. The Kier molecular flexibility index (Phi) is 3.01. The van der Waals surface area contributed by atoms with Crippen LogP contribution in [0.4, 0.5) is 10.1 Å². The van der Waals surface area contributed by atoms with Gasteiger partial charge < -0.3 is 4.90 Å². The summed E-state index contributed by atoms with van der Waals surface area (Å²) in [7, 11) is 0. The molecular weight excluding hydrogens is 167 g/mol. The predicted octanol–water partition coefficient (Wildman–Crippen LogP) is 2.65. The van der Waals surface area contributed by atoms with Crippen LogP contribution in [0.2, 0.25) is 0 Å². The Balaban J connectivity index is 2.92. The molecule has 0 bridgehead atoms. The van der Waals surface area contributed by atoms with Crippen LogP contribution in [0.5, 0.6) is 0 Å². The summed E-state index contributed by atoms with van der Waals surface area (Å²) in [4.78, 5) is 1.80. The molecule has 0 aromatic heterocycles. The molecular formula is C10H13FN2. The highest BCUT2D eigenvalue weighted by molar-refractivity contribution is 5.93. The zero-order valence-electron chi connectivity index (χ0n) is 7.84. The first-order chi connectivity index (χ1) is 6.15. The molecule has 0 saturated heterocycles. The van der Waals surface area contributed by atoms with Gasteiger partial charge in [0.1, 0.15) is 5.82 Å². The van der Waals surface area contributed by atoms with Crippen LogP contribution in [0.15, 0.2) is 24.3 Å². The molecule has 0 fully saturated rings. The zero-order valence-corrected chi connectivity index (χ0v) is 7.84. The van der Waals surface area contributed by atoms with Crippen molar-refractivity contribution in [2.75, 3.05) is 11.4 Å². The van der Waals surface area contributed by atoms with Gasteiger partial charge in [0.25, 0.3) is 0 Å². The summed E-state index contributed by atoms with van der Waals surface area (Å²) >= 11 is 0. The van der Waals surface area contributed by atoms with E-state index in [9.17, 15) is 4.39 Å². The standard InChI is InChI=1S/C10H13FN2/c1-3-13(8(2)12)10-6-4-9(11)5-7-10/h4-7,12H,3H2,1-2H3. The molecule has 1 aromatic carbocycles. The van der Waals surface area contributed by atoms with Gasteiger partial charge in [-0.1, -0.05) is 0 Å². The van der Waals surface area contributed by atoms with Crippen LogP contribution in [0.25, 0.3) is 0 Å². The quantitative estimate of drug-likeness (QED) is 0.549. The van der Waals surface area contributed by atoms with Crippen LogP contribution in [0.1, 0.15) is 13.8 Å². The maximum absolute atomic E-state index is 12.6. The highest BCUT2D eigenvalue weighted by Crippen LogP contribution is 2.14. The lowest BCUT2D eigenvalue weighted by Crippen LogP contribution is -2.27. The zero-order chi connectivity index (χ0) is 9.84. The lowest BCUT2D eigenvalue weighted by molar-refractivity contribution is 0.628. The number of rotatable bonds is 2. The normalized spacial score (nSPS) is 9.77. The fraction of sp³-hybridized carbons (Fsp3) is 0.300. The molecule has 1 aromatic rings. The van der Waals surface area contributed by atoms with Crippen molar-refractivity contribution in [2.45, 2.75) is 13.8 Å². The molecule has 0 heterocycles. The SMILES string of the molecule is CCN(C(C)=N)c1ccc(F)cc1. The van der Waals surface area contributed by atoms with Crippen LogP contribution in [0.3, 0.4) is 0 Å². The van der Waals surface area contributed by atoms with Crippen molar-refractivity contribution in [1.29, 1.82) is 5.41 Å². The van der Waals surface area contributed by atoms with E-state index in [4.69, 9.17) is 5.41 Å². The summed E-state index contributed by atoms with van der Waals surface area (Å²) in [6, 6.07) is 6.16. The van der Waals surface area contributed by atoms with Gasteiger partial charge in [0.15, 0.2) is 0 Å². The number of nitrogens with zero attached hydrogens (tertiary/aromatic N) is 1. The van der Waals surface area contributed by atoms with Gasteiger partial charge in [-0.25, -0.2) is 4.39 Å². The van der Waals surface area contributed by atoms with Crippen molar-refractivity contribution in [3.63, 3.8) is 0 Å². The molecule has 1 rings (SSSR count). The minimum absolute atomic E-state index is 0.248. The second kappa shape index (κ2) is 4.03. The summed E-state index contributed by atoms with van der Waals surface area (Å²) in [6.07, 6.45) is 0. The maximum Gasteiger partial charge on any atom is 0.123 e. The van der Waals surface area contributed by atoms with Crippen LogP contribution in [0, 0.1) is 11.2 Å². The van der Waals surface area contributed by atoms with Crippen LogP contribution in [-0.4, -0.2) is 12.4 Å². The Morgan fingerprint density at radius 1 is 1.38 bits per heavy atom. The second-order valence-corrected chi connectivity index (χ2v) is 2.81. The molecule has 13 heavy (non-hydrogen) atoms. The molecule has 0 aliphatic heterocycles. The Hall–Kier alpha value is -1.38. The fourth-order valence-electron chi connectivity index (χ4n) is 1.23. The lowest BCUT2D eigenvalue weighted by Gasteiger charge is -2.21. The van der Waals surface area contributed by atoms with Gasteiger partial charge in [0.05, 0.1) is 5.84 Å². The first kappa shape index (κ1) is 9.71. The van der Waals surface area contributed by atoms with Gasteiger partial charge in [0, 0.05) is 12.2 Å². The monoisotopic (exact) mass is 180 g/mol. The van der Waals surface area contributed by atoms with Gasteiger partial charge in [-0.2, -0.15) is 0 Å². The van der Waals surface area contributed by atoms with Gasteiger partial charge in [-0.3, -0.25) is 5.41 Å². The van der Waals surface area contributed by atoms with E-state index in [1.807, 2.05) is 6.92 Å². The fourth-order valence-corrected chi connectivity index (χ4v) is 1.23. The van der Waals surface area contributed by atoms with Crippen molar-refractivity contribution < 1.29 is 4.39 Å². The van der Waals surface area contributed by atoms with Crippen molar-refractivity contribution in [3.05, 3.63) is 30.1 Å². The van der Waals surface area contributed by atoms with E-state index in [0.29, 0.717) is 5.84 Å². The number of hydrogen-bond donors (Lipinski definition) is 1. The molecule has 0 aliphatic carbocycles. The highest BCUT2D eigenvalue weighted by Gasteiger charge is 2.04. The summed E-state index contributed by atoms with van der Waals surface area (Å²) in [6.45, 7) is 4.40. The smallest absolute Gasteiger partial charge is 0.123 e. The Labute approximate surface area is 77.5 Å². The summed E-state index contributed by atoms with van der Waals surface area (Å²) in [5.74, 6) is 0.219. The minimum Gasteiger partial charge on any atom is -0.331 e. The Morgan fingerprint density at radius 2 is 1.92 bits per heavy atom. The maximum atomic E-state index is 12.6. The first-order valence-corrected chi connectivity index (χ1v) is 4.23. The molecule has 0 spiro atoms. The van der Waals surface area contributed by atoms with E-state index in [1.165, 1.54) is 12.1 Å². The predicted molar refractivity (Wildman–Crippen MR) is 52.8 cm³/mol. The van der Waals surface area contributed by atoms with E-state index in [-0.39, 0.29) is 5.82 Å². The minimum atomic E-state index is -0.248. The largest absolute Gasteiger partial charge is 0.331 e. The van der Waals surface area contributed by atoms with Gasteiger partial charge in [-0.15, -0.1) is 0 Å². The molecule has 0 amide bonds. The van der Waals surface area contributed by atoms with Crippen LogP contribution >= 0.6 is 0 Å². The van der Waals surface area contributed by atoms with E-state index in [1.54, 1.807) is 24.0 Å². The molecule has 2 nitrogen and oxygen atoms in total. The molecule has 70 valence electrons. The van der Waals surface area contributed by atoms with E-state index >= 15 is 0 Å². The van der Waals surface area contributed by atoms with E-state index in [0.717, 1.165) is 12.2 Å². The molecule has 0 radical (unpaired) electrons. The van der Waals surface area contributed by atoms with E-state index in [2.05, 4.69) is 0 Å². The van der Waals surface area contributed by atoms with Crippen LogP contribution < -0.4 is 4.90 Å². The lowest BCUT2D eigenvalue weighted by atomic mass is 10.3. The summed E-state index contributed by atoms with van der Waals surface area (Å²) < 4.78 is 12.6. The molecule has 0 unspecified atom stereocenters. The molecule has 3 heteroatoms. The Morgan fingerprint density at radius 3 is 2.31 bits per heavy atom. The van der Waals surface area contributed by atoms with Crippen LogP contribution in [-0.2, 0) is 0 Å². The number of amidine groups is 1. The third kappa shape index (κ3) is 2.28. The van der Waals surface area contributed by atoms with E-state index < -0.39 is 0 Å². The van der Waals surface area contributed by atoms with Crippen molar-refractivity contribution in [3.8, 4) is 0 Å².